The number of carbonyl (C=O) groups excluding carboxylic acids is 1. The second-order valence-corrected chi connectivity index (χ2v) is 8.61. The molecule has 1 atom stereocenters. The Balaban J connectivity index is 1.55. The van der Waals surface area contributed by atoms with Crippen molar-refractivity contribution in [2.24, 2.45) is 5.92 Å². The molecule has 172 valence electrons. The van der Waals surface area contributed by atoms with Crippen LogP contribution in [0.25, 0.3) is 11.1 Å². The third-order valence-electron chi connectivity index (χ3n) is 6.00. The Morgan fingerprint density at radius 3 is 2.42 bits per heavy atom. The van der Waals surface area contributed by atoms with Gasteiger partial charge in [0, 0.05) is 19.3 Å². The number of carbonyl (C=O) groups is 1. The van der Waals surface area contributed by atoms with Crippen molar-refractivity contribution in [2.75, 3.05) is 11.9 Å². The van der Waals surface area contributed by atoms with E-state index in [0.29, 0.717) is 25.3 Å². The maximum atomic E-state index is 13.4. The normalized spacial score (nSPS) is 14.7. The third kappa shape index (κ3) is 5.02. The number of hydrogen-bond donors (Lipinski definition) is 1. The van der Waals surface area contributed by atoms with Crippen LogP contribution in [0, 0.1) is 5.92 Å². The molecular weight excluding hydrogens is 427 g/mol. The van der Waals surface area contributed by atoms with Crippen molar-refractivity contribution in [1.82, 2.24) is 9.88 Å². The number of rotatable bonds is 5. The second kappa shape index (κ2) is 9.25. The van der Waals surface area contributed by atoms with E-state index in [-0.39, 0.29) is 11.8 Å². The zero-order valence-electron chi connectivity index (χ0n) is 18.6. The molecule has 0 saturated carbocycles. The van der Waals surface area contributed by atoms with Crippen molar-refractivity contribution in [3.8, 4) is 11.1 Å². The number of halogens is 3. The fraction of sp³-hybridized carbons (Fsp3) is 0.308. The Morgan fingerprint density at radius 1 is 1.03 bits per heavy atom. The highest BCUT2D eigenvalue weighted by Crippen LogP contribution is 2.34. The van der Waals surface area contributed by atoms with Crippen molar-refractivity contribution in [1.29, 1.82) is 0 Å². The van der Waals surface area contributed by atoms with Gasteiger partial charge in [-0.3, -0.25) is 4.79 Å². The van der Waals surface area contributed by atoms with Gasteiger partial charge in [0.25, 0.3) is 0 Å². The molecule has 0 bridgehead atoms. The van der Waals surface area contributed by atoms with Crippen LogP contribution in [0.5, 0.6) is 0 Å². The number of fused-ring (bicyclic) bond motifs is 1. The van der Waals surface area contributed by atoms with Gasteiger partial charge >= 0.3 is 6.18 Å². The monoisotopic (exact) mass is 453 g/mol. The number of hydrogen-bond acceptors (Lipinski definition) is 3. The molecule has 0 aliphatic carbocycles. The van der Waals surface area contributed by atoms with E-state index in [9.17, 15) is 18.0 Å². The molecule has 1 aliphatic heterocycles. The van der Waals surface area contributed by atoms with Gasteiger partial charge in [0.2, 0.25) is 5.91 Å². The highest BCUT2D eigenvalue weighted by atomic mass is 19.4. The Morgan fingerprint density at radius 2 is 1.79 bits per heavy atom. The molecule has 4 nitrogen and oxygen atoms in total. The lowest BCUT2D eigenvalue weighted by Gasteiger charge is -2.34. The van der Waals surface area contributed by atoms with Crippen molar-refractivity contribution < 1.29 is 18.0 Å². The molecule has 7 heteroatoms. The van der Waals surface area contributed by atoms with Crippen LogP contribution < -0.4 is 5.32 Å². The highest BCUT2D eigenvalue weighted by Gasteiger charge is 2.31. The molecule has 1 aliphatic rings. The van der Waals surface area contributed by atoms with Gasteiger partial charge in [-0.1, -0.05) is 50.2 Å². The van der Waals surface area contributed by atoms with Crippen molar-refractivity contribution in [3.63, 3.8) is 0 Å². The minimum absolute atomic E-state index is 0.0150. The molecule has 2 heterocycles. The fourth-order valence-electron chi connectivity index (χ4n) is 4.22. The molecule has 1 N–H and O–H groups in total. The summed E-state index contributed by atoms with van der Waals surface area (Å²) in [5.74, 6) is 0.743. The molecule has 33 heavy (non-hydrogen) atoms. The molecule has 0 spiro atoms. The SMILES string of the molecule is CC(C)[C@H](Nc1ccccn1)C(=O)N1CCc2c(cccc2-c2ccc(C(F)(F)F)cc2)C1. The first-order valence-corrected chi connectivity index (χ1v) is 11.0. The van der Waals surface area contributed by atoms with Crippen molar-refractivity contribution in [3.05, 3.63) is 83.6 Å². The molecular formula is C26H26F3N3O. The Hall–Kier alpha value is -3.35. The van der Waals surface area contributed by atoms with Gasteiger partial charge in [-0.25, -0.2) is 4.98 Å². The average molecular weight is 454 g/mol. The first kappa shape index (κ1) is 22.8. The summed E-state index contributed by atoms with van der Waals surface area (Å²) < 4.78 is 38.8. The van der Waals surface area contributed by atoms with Gasteiger partial charge in [0.15, 0.2) is 0 Å². The molecule has 1 aromatic heterocycles. The van der Waals surface area contributed by atoms with Gasteiger partial charge in [-0.2, -0.15) is 13.2 Å². The van der Waals surface area contributed by atoms with Gasteiger partial charge in [-0.15, -0.1) is 0 Å². The Bertz CT molecular complexity index is 1110. The van der Waals surface area contributed by atoms with E-state index in [2.05, 4.69) is 10.3 Å². The summed E-state index contributed by atoms with van der Waals surface area (Å²) in [7, 11) is 0. The summed E-state index contributed by atoms with van der Waals surface area (Å²) in [4.78, 5) is 19.5. The van der Waals surface area contributed by atoms with Gasteiger partial charge in [0.05, 0.1) is 5.56 Å². The molecule has 1 amide bonds. The second-order valence-electron chi connectivity index (χ2n) is 8.61. The smallest absolute Gasteiger partial charge is 0.358 e. The molecule has 3 aromatic rings. The van der Waals surface area contributed by atoms with Crippen LogP contribution in [-0.2, 0) is 23.9 Å². The maximum absolute atomic E-state index is 13.4. The average Bonchev–Trinajstić information content (AvgIpc) is 2.81. The summed E-state index contributed by atoms with van der Waals surface area (Å²) in [5, 5.41) is 3.26. The zero-order chi connectivity index (χ0) is 23.6. The highest BCUT2D eigenvalue weighted by molar-refractivity contribution is 5.85. The van der Waals surface area contributed by atoms with E-state index in [1.807, 2.05) is 55.1 Å². The fourth-order valence-corrected chi connectivity index (χ4v) is 4.22. The summed E-state index contributed by atoms with van der Waals surface area (Å²) >= 11 is 0. The minimum atomic E-state index is -4.36. The number of alkyl halides is 3. The van der Waals surface area contributed by atoms with Crippen LogP contribution in [-0.4, -0.2) is 28.4 Å². The Kier molecular flexibility index (Phi) is 6.40. The minimum Gasteiger partial charge on any atom is -0.358 e. The van der Waals surface area contributed by atoms with Gasteiger partial charge in [0.1, 0.15) is 11.9 Å². The lowest BCUT2D eigenvalue weighted by Crippen LogP contribution is -2.47. The first-order chi connectivity index (χ1) is 15.7. The van der Waals surface area contributed by atoms with Crippen LogP contribution in [0.15, 0.2) is 66.9 Å². The molecule has 4 rings (SSSR count). The molecule has 2 aromatic carbocycles. The molecule has 0 saturated heterocycles. The molecule has 0 fully saturated rings. The van der Waals surface area contributed by atoms with Crippen LogP contribution in [0.2, 0.25) is 0 Å². The third-order valence-corrected chi connectivity index (χ3v) is 6.00. The summed E-state index contributed by atoms with van der Waals surface area (Å²) in [5.41, 5.74) is 3.11. The summed E-state index contributed by atoms with van der Waals surface area (Å²) in [6, 6.07) is 16.2. The van der Waals surface area contributed by atoms with E-state index in [1.165, 1.54) is 12.1 Å². The predicted octanol–water partition coefficient (Wildman–Crippen LogP) is 5.79. The standard InChI is InChI=1S/C26H26F3N3O/c1-17(2)24(31-23-8-3-4-14-30-23)25(33)32-15-13-22-19(16-32)6-5-7-21(22)18-9-11-20(12-10-18)26(27,28)29/h3-12,14,17,24H,13,15-16H2,1-2H3,(H,30,31)/t24-/m0/s1. The molecule has 0 unspecified atom stereocenters. The Labute approximate surface area is 191 Å². The first-order valence-electron chi connectivity index (χ1n) is 11.0. The van der Waals surface area contributed by atoms with E-state index >= 15 is 0 Å². The van der Waals surface area contributed by atoms with Crippen LogP contribution in [0.1, 0.15) is 30.5 Å². The summed E-state index contributed by atoms with van der Waals surface area (Å²) in [6.07, 6.45) is -2.03. The maximum Gasteiger partial charge on any atom is 0.416 e. The van der Waals surface area contributed by atoms with Gasteiger partial charge < -0.3 is 10.2 Å². The van der Waals surface area contributed by atoms with Crippen molar-refractivity contribution >= 4 is 11.7 Å². The quantitative estimate of drug-likeness (QED) is 0.532. The van der Waals surface area contributed by atoms with E-state index in [4.69, 9.17) is 0 Å². The lowest BCUT2D eigenvalue weighted by molar-refractivity contribution is -0.137. The van der Waals surface area contributed by atoms with Crippen LogP contribution in [0.4, 0.5) is 19.0 Å². The zero-order valence-corrected chi connectivity index (χ0v) is 18.6. The number of anilines is 1. The number of amides is 1. The largest absolute Gasteiger partial charge is 0.416 e. The van der Waals surface area contributed by atoms with E-state index in [0.717, 1.165) is 34.4 Å². The molecule has 0 radical (unpaired) electrons. The number of nitrogens with one attached hydrogen (secondary N) is 1. The van der Waals surface area contributed by atoms with E-state index < -0.39 is 17.8 Å². The number of aromatic nitrogens is 1. The number of nitrogens with zero attached hydrogens (tertiary/aromatic N) is 2. The summed E-state index contributed by atoms with van der Waals surface area (Å²) in [6.45, 7) is 5.02. The van der Waals surface area contributed by atoms with Crippen LogP contribution >= 0.6 is 0 Å². The van der Waals surface area contributed by atoms with E-state index in [1.54, 1.807) is 6.20 Å². The topological polar surface area (TPSA) is 45.2 Å². The van der Waals surface area contributed by atoms with Crippen molar-refractivity contribution in [2.45, 2.75) is 39.0 Å². The number of benzene rings is 2. The lowest BCUT2D eigenvalue weighted by atomic mass is 9.90. The predicted molar refractivity (Wildman–Crippen MR) is 122 cm³/mol. The van der Waals surface area contributed by atoms with Crippen LogP contribution in [0.3, 0.4) is 0 Å². The van der Waals surface area contributed by atoms with Gasteiger partial charge in [-0.05, 0) is 58.9 Å². The number of pyridine rings is 1.